The second-order valence-corrected chi connectivity index (χ2v) is 5.11. The predicted molar refractivity (Wildman–Crippen MR) is 82.3 cm³/mol. The maximum Gasteiger partial charge on any atom is 0.258 e. The van der Waals surface area contributed by atoms with Gasteiger partial charge in [-0.1, -0.05) is 0 Å². The van der Waals surface area contributed by atoms with Crippen molar-refractivity contribution < 1.29 is 9.53 Å². The van der Waals surface area contributed by atoms with Gasteiger partial charge in [-0.2, -0.15) is 5.10 Å². The van der Waals surface area contributed by atoms with E-state index in [4.69, 9.17) is 4.74 Å². The number of rotatable bonds is 6. The van der Waals surface area contributed by atoms with Crippen molar-refractivity contribution in [2.45, 2.75) is 19.9 Å². The Bertz CT molecular complexity index is 797. The Morgan fingerprint density at radius 1 is 1.38 bits per heavy atom. The molecule has 124 valence electrons. The van der Waals surface area contributed by atoms with Gasteiger partial charge < -0.3 is 10.1 Å². The molecule has 3 aromatic rings. The third-order valence-corrected chi connectivity index (χ3v) is 3.20. The Morgan fingerprint density at radius 3 is 2.79 bits per heavy atom. The topological polar surface area (TPSA) is 124 Å². The Balaban J connectivity index is 1.51. The highest BCUT2D eigenvalue weighted by Crippen LogP contribution is 2.14. The van der Waals surface area contributed by atoms with Crippen LogP contribution in [0.5, 0.6) is 5.75 Å². The van der Waals surface area contributed by atoms with Crippen LogP contribution in [-0.2, 0) is 4.79 Å². The molecular weight excluding hydrogens is 312 g/mol. The van der Waals surface area contributed by atoms with Crippen LogP contribution in [0.3, 0.4) is 0 Å². The average Bonchev–Trinajstić information content (AvgIpc) is 3.25. The normalized spacial score (nSPS) is 11.9. The van der Waals surface area contributed by atoms with Gasteiger partial charge in [0.25, 0.3) is 5.91 Å². The molecule has 1 amide bonds. The van der Waals surface area contributed by atoms with Gasteiger partial charge in [-0.25, -0.2) is 9.67 Å². The summed E-state index contributed by atoms with van der Waals surface area (Å²) in [6, 6.07) is 6.78. The molecule has 0 fully saturated rings. The van der Waals surface area contributed by atoms with Crippen LogP contribution in [0.15, 0.2) is 30.6 Å². The number of amides is 1. The quantitative estimate of drug-likeness (QED) is 0.669. The summed E-state index contributed by atoms with van der Waals surface area (Å²) in [5, 5.41) is 20.5. The van der Waals surface area contributed by atoms with Crippen molar-refractivity contribution in [1.29, 1.82) is 0 Å². The van der Waals surface area contributed by atoms with Gasteiger partial charge in [-0.15, -0.1) is 5.10 Å². The van der Waals surface area contributed by atoms with E-state index in [1.165, 1.54) is 11.0 Å². The second-order valence-electron chi connectivity index (χ2n) is 5.11. The molecule has 0 aliphatic rings. The van der Waals surface area contributed by atoms with E-state index in [1.807, 2.05) is 6.92 Å². The van der Waals surface area contributed by atoms with E-state index in [0.717, 1.165) is 5.69 Å². The number of ether oxygens (including phenoxy) is 1. The lowest BCUT2D eigenvalue weighted by Crippen LogP contribution is -2.31. The van der Waals surface area contributed by atoms with Crippen molar-refractivity contribution in [3.05, 3.63) is 42.2 Å². The fourth-order valence-electron chi connectivity index (χ4n) is 2.02. The van der Waals surface area contributed by atoms with Crippen molar-refractivity contribution in [3.63, 3.8) is 0 Å². The van der Waals surface area contributed by atoms with Crippen LogP contribution >= 0.6 is 0 Å². The summed E-state index contributed by atoms with van der Waals surface area (Å²) < 4.78 is 6.99. The second kappa shape index (κ2) is 6.86. The summed E-state index contributed by atoms with van der Waals surface area (Å²) in [7, 11) is 0. The maximum atomic E-state index is 11.9. The number of tetrazole rings is 1. The minimum absolute atomic E-state index is 0.0992. The number of aryl methyl sites for hydroxylation is 1. The van der Waals surface area contributed by atoms with Crippen LogP contribution in [0, 0.1) is 6.92 Å². The van der Waals surface area contributed by atoms with Gasteiger partial charge in [0.2, 0.25) is 0 Å². The highest BCUT2D eigenvalue weighted by molar-refractivity contribution is 5.77. The Morgan fingerprint density at radius 2 is 2.17 bits per heavy atom. The first-order chi connectivity index (χ1) is 11.6. The van der Waals surface area contributed by atoms with E-state index < -0.39 is 0 Å². The van der Waals surface area contributed by atoms with Crippen LogP contribution < -0.4 is 10.1 Å². The molecule has 0 bridgehead atoms. The largest absolute Gasteiger partial charge is 0.484 e. The number of aromatic amines is 1. The summed E-state index contributed by atoms with van der Waals surface area (Å²) in [5.41, 5.74) is 0.797. The fourth-order valence-corrected chi connectivity index (χ4v) is 2.02. The lowest BCUT2D eigenvalue weighted by molar-refractivity contribution is -0.123. The van der Waals surface area contributed by atoms with Gasteiger partial charge in [0.15, 0.2) is 12.4 Å². The van der Waals surface area contributed by atoms with Crippen molar-refractivity contribution in [3.8, 4) is 11.4 Å². The highest BCUT2D eigenvalue weighted by Gasteiger charge is 2.14. The molecule has 0 aliphatic carbocycles. The minimum atomic E-state index is -0.298. The Hall–Kier alpha value is -3.30. The van der Waals surface area contributed by atoms with E-state index in [-0.39, 0.29) is 18.6 Å². The molecule has 0 unspecified atom stereocenters. The number of benzene rings is 1. The Kier molecular flexibility index (Phi) is 4.45. The summed E-state index contributed by atoms with van der Waals surface area (Å²) >= 11 is 0. The van der Waals surface area contributed by atoms with E-state index in [1.54, 1.807) is 31.2 Å². The van der Waals surface area contributed by atoms with Gasteiger partial charge in [-0.3, -0.25) is 9.89 Å². The molecule has 2 N–H and O–H groups in total. The number of hydrogen-bond donors (Lipinski definition) is 2. The van der Waals surface area contributed by atoms with E-state index in [2.05, 4.69) is 36.0 Å². The van der Waals surface area contributed by atoms with E-state index in [9.17, 15) is 4.79 Å². The molecule has 0 saturated heterocycles. The van der Waals surface area contributed by atoms with Crippen molar-refractivity contribution >= 4 is 5.91 Å². The van der Waals surface area contributed by atoms with E-state index in [0.29, 0.717) is 17.4 Å². The number of H-pyrrole nitrogens is 1. The molecular formula is C14H16N8O2. The molecule has 10 heteroatoms. The lowest BCUT2D eigenvalue weighted by atomic mass is 10.3. The zero-order chi connectivity index (χ0) is 16.9. The molecule has 1 atom stereocenters. The number of nitrogens with zero attached hydrogens (tertiary/aromatic N) is 6. The third-order valence-electron chi connectivity index (χ3n) is 3.20. The third kappa shape index (κ3) is 3.72. The average molecular weight is 328 g/mol. The molecule has 0 aliphatic heterocycles. The first-order valence-corrected chi connectivity index (χ1v) is 7.26. The number of carbonyl (C=O) groups is 1. The molecule has 1 aromatic carbocycles. The lowest BCUT2D eigenvalue weighted by Gasteiger charge is -2.11. The van der Waals surface area contributed by atoms with Crippen LogP contribution in [0.4, 0.5) is 0 Å². The fraction of sp³-hybridized carbons (Fsp3) is 0.286. The van der Waals surface area contributed by atoms with Crippen LogP contribution in [0.2, 0.25) is 0 Å². The number of aromatic nitrogens is 7. The number of hydrogen-bond acceptors (Lipinski definition) is 7. The Labute approximate surface area is 137 Å². The summed E-state index contributed by atoms with van der Waals surface area (Å²) in [6.45, 7) is 3.51. The zero-order valence-electron chi connectivity index (χ0n) is 13.2. The van der Waals surface area contributed by atoms with Crippen molar-refractivity contribution in [1.82, 2.24) is 40.7 Å². The van der Waals surface area contributed by atoms with E-state index >= 15 is 0 Å². The summed E-state index contributed by atoms with van der Waals surface area (Å²) in [6.07, 6.45) is 1.50. The monoisotopic (exact) mass is 328 g/mol. The predicted octanol–water partition coefficient (Wildman–Crippen LogP) is 0.345. The van der Waals surface area contributed by atoms with Gasteiger partial charge in [0.05, 0.1) is 11.7 Å². The molecule has 0 saturated carbocycles. The summed E-state index contributed by atoms with van der Waals surface area (Å²) in [4.78, 5) is 16.1. The molecule has 0 radical (unpaired) electrons. The molecule has 10 nitrogen and oxygen atoms in total. The number of nitrogens with one attached hydrogen (secondary N) is 2. The standard InChI is InChI=1S/C14H16N8O2/c1-9(14-17-10(2)18-19-14)16-13(23)7-24-12-5-3-11(4-6-12)22-8-15-20-21-22/h3-6,8-9H,7H2,1-2H3,(H,16,23)(H,17,18,19)/t9-/m1/s1. The van der Waals surface area contributed by atoms with Crippen LogP contribution in [-0.4, -0.2) is 47.9 Å². The van der Waals surface area contributed by atoms with Gasteiger partial charge in [0.1, 0.15) is 17.9 Å². The molecule has 0 spiro atoms. The zero-order valence-corrected chi connectivity index (χ0v) is 13.2. The number of carbonyl (C=O) groups excluding carboxylic acids is 1. The molecule has 3 rings (SSSR count). The van der Waals surface area contributed by atoms with Crippen molar-refractivity contribution in [2.24, 2.45) is 0 Å². The van der Waals surface area contributed by atoms with Gasteiger partial charge in [0, 0.05) is 0 Å². The van der Waals surface area contributed by atoms with Gasteiger partial charge >= 0.3 is 0 Å². The molecule has 2 aromatic heterocycles. The SMILES string of the molecule is Cc1nc([C@@H](C)NC(=O)COc2ccc(-n3cnnn3)cc2)n[nH]1. The van der Waals surface area contributed by atoms with Crippen molar-refractivity contribution in [2.75, 3.05) is 6.61 Å². The van der Waals surface area contributed by atoms with Crippen LogP contribution in [0.1, 0.15) is 24.6 Å². The van der Waals surface area contributed by atoms with Gasteiger partial charge in [-0.05, 0) is 48.5 Å². The van der Waals surface area contributed by atoms with Crippen LogP contribution in [0.25, 0.3) is 5.69 Å². The molecule has 2 heterocycles. The minimum Gasteiger partial charge on any atom is -0.484 e. The smallest absolute Gasteiger partial charge is 0.258 e. The maximum absolute atomic E-state index is 11.9. The molecule has 24 heavy (non-hydrogen) atoms. The first kappa shape index (κ1) is 15.6. The first-order valence-electron chi connectivity index (χ1n) is 7.26. The highest BCUT2D eigenvalue weighted by atomic mass is 16.5. The summed E-state index contributed by atoms with van der Waals surface area (Å²) in [5.74, 6) is 1.55.